The molecule has 1 rings (SSSR count). The van der Waals surface area contributed by atoms with Crippen LogP contribution in [0.4, 0.5) is 4.79 Å². The third-order valence-corrected chi connectivity index (χ3v) is 4.54. The Labute approximate surface area is 138 Å². The van der Waals surface area contributed by atoms with Gasteiger partial charge in [-0.25, -0.2) is 4.79 Å². The fraction of sp³-hybridized carbons (Fsp3) is 0.812. The minimum atomic E-state index is -0.877. The van der Waals surface area contributed by atoms with Crippen LogP contribution >= 0.6 is 0 Å². The van der Waals surface area contributed by atoms with Gasteiger partial charge in [-0.05, 0) is 26.7 Å². The van der Waals surface area contributed by atoms with Crippen molar-refractivity contribution in [2.45, 2.75) is 46.2 Å². The fourth-order valence-corrected chi connectivity index (χ4v) is 2.33. The van der Waals surface area contributed by atoms with E-state index >= 15 is 0 Å². The van der Waals surface area contributed by atoms with Gasteiger partial charge in [0, 0.05) is 26.2 Å². The largest absolute Gasteiger partial charge is 0.450 e. The zero-order valence-corrected chi connectivity index (χ0v) is 14.8. The van der Waals surface area contributed by atoms with Gasteiger partial charge >= 0.3 is 6.09 Å². The first kappa shape index (κ1) is 19.2. The summed E-state index contributed by atoms with van der Waals surface area (Å²) in [6, 6.07) is 1.84. The van der Waals surface area contributed by atoms with Gasteiger partial charge in [0.25, 0.3) is 0 Å². The Morgan fingerprint density at radius 3 is 2.26 bits per heavy atom. The van der Waals surface area contributed by atoms with Crippen LogP contribution in [0.5, 0.6) is 0 Å². The Kier molecular flexibility index (Phi) is 6.82. The average Bonchev–Trinajstić information content (AvgIpc) is 2.54. The van der Waals surface area contributed by atoms with E-state index in [1.54, 1.807) is 18.7 Å². The first-order valence-corrected chi connectivity index (χ1v) is 8.14. The number of carbonyl (C=O) groups excluding carboxylic acids is 2. The number of hydrogen-bond donors (Lipinski definition) is 1. The van der Waals surface area contributed by atoms with Gasteiger partial charge in [0.2, 0.25) is 5.91 Å². The molecule has 0 bridgehead atoms. The van der Waals surface area contributed by atoms with Crippen LogP contribution in [-0.4, -0.2) is 66.2 Å². The Bertz CT molecular complexity index is 466. The number of hydrogen-bond acceptors (Lipinski definition) is 5. The molecule has 0 spiro atoms. The van der Waals surface area contributed by atoms with Crippen LogP contribution in [-0.2, 0) is 9.53 Å². The van der Waals surface area contributed by atoms with E-state index in [2.05, 4.69) is 11.4 Å². The zero-order chi connectivity index (χ0) is 17.6. The number of nitrogens with one attached hydrogen (secondary N) is 1. The molecular formula is C16H28N4O3. The summed E-state index contributed by atoms with van der Waals surface area (Å²) in [5.74, 6) is -0.142. The Balaban J connectivity index is 2.56. The number of piperazine rings is 1. The SMILES string of the molecule is CCOC(=O)N1CCN(C(C)C(=O)NC(C)(C#N)C(C)C)CC1. The van der Waals surface area contributed by atoms with E-state index < -0.39 is 5.54 Å². The lowest BCUT2D eigenvalue weighted by atomic mass is 9.89. The van der Waals surface area contributed by atoms with Gasteiger partial charge in [-0.2, -0.15) is 5.26 Å². The Hall–Kier alpha value is -1.81. The van der Waals surface area contributed by atoms with Crippen LogP contribution in [0.2, 0.25) is 0 Å². The number of ether oxygens (including phenoxy) is 1. The van der Waals surface area contributed by atoms with Crippen molar-refractivity contribution in [3.05, 3.63) is 0 Å². The molecule has 7 nitrogen and oxygen atoms in total. The molecule has 0 aliphatic carbocycles. The molecule has 2 unspecified atom stereocenters. The van der Waals surface area contributed by atoms with Crippen LogP contribution in [0.15, 0.2) is 0 Å². The summed E-state index contributed by atoms with van der Waals surface area (Å²) < 4.78 is 4.98. The molecule has 130 valence electrons. The molecule has 1 aliphatic heterocycles. The maximum absolute atomic E-state index is 12.4. The number of amides is 2. The molecule has 23 heavy (non-hydrogen) atoms. The van der Waals surface area contributed by atoms with Crippen LogP contribution in [0, 0.1) is 17.2 Å². The van der Waals surface area contributed by atoms with Crippen molar-refractivity contribution in [3.63, 3.8) is 0 Å². The van der Waals surface area contributed by atoms with E-state index in [0.717, 1.165) is 0 Å². The van der Waals surface area contributed by atoms with Crippen molar-refractivity contribution in [1.82, 2.24) is 15.1 Å². The van der Waals surface area contributed by atoms with Gasteiger partial charge < -0.3 is 15.0 Å². The minimum absolute atomic E-state index is 0.0179. The molecule has 0 radical (unpaired) electrons. The number of nitrogens with zero attached hydrogens (tertiary/aromatic N) is 3. The monoisotopic (exact) mass is 324 g/mol. The summed E-state index contributed by atoms with van der Waals surface area (Å²) in [7, 11) is 0. The lowest BCUT2D eigenvalue weighted by molar-refractivity contribution is -0.128. The highest BCUT2D eigenvalue weighted by atomic mass is 16.6. The lowest BCUT2D eigenvalue weighted by Crippen LogP contribution is -2.58. The van der Waals surface area contributed by atoms with Gasteiger partial charge in [0.1, 0.15) is 5.54 Å². The Morgan fingerprint density at radius 1 is 1.26 bits per heavy atom. The summed E-state index contributed by atoms with van der Waals surface area (Å²) in [5, 5.41) is 12.2. The van der Waals surface area contributed by atoms with Crippen LogP contribution in [0.1, 0.15) is 34.6 Å². The number of carbonyl (C=O) groups is 2. The smallest absolute Gasteiger partial charge is 0.409 e. The zero-order valence-electron chi connectivity index (χ0n) is 14.8. The summed E-state index contributed by atoms with van der Waals surface area (Å²) >= 11 is 0. The molecule has 0 saturated carbocycles. The van der Waals surface area contributed by atoms with Crippen LogP contribution in [0.3, 0.4) is 0 Å². The molecule has 1 fully saturated rings. The van der Waals surface area contributed by atoms with Crippen molar-refractivity contribution in [1.29, 1.82) is 5.26 Å². The first-order valence-electron chi connectivity index (χ1n) is 8.14. The number of rotatable bonds is 5. The molecule has 2 atom stereocenters. The van der Waals surface area contributed by atoms with E-state index in [-0.39, 0.29) is 24.0 Å². The summed E-state index contributed by atoms with van der Waals surface area (Å²) in [6.45, 7) is 11.8. The summed E-state index contributed by atoms with van der Waals surface area (Å²) in [6.07, 6.45) is -0.305. The molecule has 1 saturated heterocycles. The third kappa shape index (κ3) is 4.83. The van der Waals surface area contributed by atoms with Crippen molar-refractivity contribution < 1.29 is 14.3 Å². The maximum Gasteiger partial charge on any atom is 0.409 e. The molecule has 1 N–H and O–H groups in total. The van der Waals surface area contributed by atoms with Gasteiger partial charge in [-0.3, -0.25) is 9.69 Å². The fourth-order valence-electron chi connectivity index (χ4n) is 2.33. The second-order valence-electron chi connectivity index (χ2n) is 6.36. The maximum atomic E-state index is 12.4. The second-order valence-corrected chi connectivity index (χ2v) is 6.36. The van der Waals surface area contributed by atoms with E-state index in [1.807, 2.05) is 25.7 Å². The highest BCUT2D eigenvalue weighted by molar-refractivity contribution is 5.82. The Morgan fingerprint density at radius 2 is 1.83 bits per heavy atom. The molecule has 0 aromatic rings. The number of nitriles is 1. The van der Waals surface area contributed by atoms with Crippen molar-refractivity contribution in [2.75, 3.05) is 32.8 Å². The van der Waals surface area contributed by atoms with Gasteiger partial charge in [0.05, 0.1) is 18.7 Å². The minimum Gasteiger partial charge on any atom is -0.450 e. The van der Waals surface area contributed by atoms with E-state index in [9.17, 15) is 14.9 Å². The van der Waals surface area contributed by atoms with E-state index in [0.29, 0.717) is 32.8 Å². The van der Waals surface area contributed by atoms with Gasteiger partial charge in [-0.15, -0.1) is 0 Å². The summed E-state index contributed by atoms with van der Waals surface area (Å²) in [4.78, 5) is 27.8. The molecule has 0 aromatic heterocycles. The van der Waals surface area contributed by atoms with E-state index in [4.69, 9.17) is 4.74 Å². The predicted octanol–water partition coefficient (Wildman–Crippen LogP) is 1.20. The second kappa shape index (κ2) is 8.16. The average molecular weight is 324 g/mol. The van der Waals surface area contributed by atoms with Gasteiger partial charge in [-0.1, -0.05) is 13.8 Å². The first-order chi connectivity index (χ1) is 10.7. The molecular weight excluding hydrogens is 296 g/mol. The van der Waals surface area contributed by atoms with Crippen molar-refractivity contribution >= 4 is 12.0 Å². The predicted molar refractivity (Wildman–Crippen MR) is 86.6 cm³/mol. The van der Waals surface area contributed by atoms with Crippen molar-refractivity contribution in [2.24, 2.45) is 5.92 Å². The summed E-state index contributed by atoms with van der Waals surface area (Å²) in [5.41, 5.74) is -0.877. The molecule has 7 heteroatoms. The van der Waals surface area contributed by atoms with Crippen molar-refractivity contribution in [3.8, 4) is 6.07 Å². The highest BCUT2D eigenvalue weighted by Gasteiger charge is 2.34. The van der Waals surface area contributed by atoms with Crippen LogP contribution in [0.25, 0.3) is 0 Å². The standard InChI is InChI=1S/C16H28N4O3/c1-6-23-15(22)20-9-7-19(8-10-20)13(4)14(21)18-16(5,11-17)12(2)3/h12-13H,6-10H2,1-5H3,(H,18,21). The third-order valence-electron chi connectivity index (χ3n) is 4.54. The lowest BCUT2D eigenvalue weighted by Gasteiger charge is -2.38. The van der Waals surface area contributed by atoms with Gasteiger partial charge in [0.15, 0.2) is 0 Å². The quantitative estimate of drug-likeness (QED) is 0.821. The molecule has 0 aromatic carbocycles. The van der Waals surface area contributed by atoms with E-state index in [1.165, 1.54) is 0 Å². The molecule has 1 aliphatic rings. The molecule has 2 amide bonds. The topological polar surface area (TPSA) is 85.7 Å². The molecule has 1 heterocycles. The normalized spacial score (nSPS) is 19.6. The van der Waals surface area contributed by atoms with Crippen LogP contribution < -0.4 is 5.32 Å². The highest BCUT2D eigenvalue weighted by Crippen LogP contribution is 2.16.